The van der Waals surface area contributed by atoms with Gasteiger partial charge in [-0.3, -0.25) is 0 Å². The van der Waals surface area contributed by atoms with Gasteiger partial charge in [-0.25, -0.2) is 27.5 Å². The summed E-state index contributed by atoms with van der Waals surface area (Å²) in [6.45, 7) is 1.30. The first-order chi connectivity index (χ1) is 14.2. The summed E-state index contributed by atoms with van der Waals surface area (Å²) >= 11 is 0. The van der Waals surface area contributed by atoms with E-state index in [0.29, 0.717) is 5.56 Å². The smallest absolute Gasteiger partial charge is 0.241 e. The van der Waals surface area contributed by atoms with E-state index in [1.165, 1.54) is 31.3 Å². The first kappa shape index (κ1) is 21.3. The SMILES string of the molecule is C[C@H](O)CNS(=O)(=O)c1ccccc1-c1ccc(-c2ncc(N)nc2C#N)c(F)c1. The number of nitrogens with one attached hydrogen (secondary N) is 1. The fourth-order valence-electron chi connectivity index (χ4n) is 2.80. The second-order valence-electron chi connectivity index (χ2n) is 6.50. The number of rotatable bonds is 6. The number of benzene rings is 2. The van der Waals surface area contributed by atoms with Crippen LogP contribution in [0, 0.1) is 17.1 Å². The maximum atomic E-state index is 14.9. The van der Waals surface area contributed by atoms with Crippen LogP contribution in [0.1, 0.15) is 12.6 Å². The number of aliphatic hydroxyl groups excluding tert-OH is 1. The van der Waals surface area contributed by atoms with Gasteiger partial charge < -0.3 is 10.8 Å². The maximum absolute atomic E-state index is 14.9. The molecule has 0 radical (unpaired) electrons. The fourth-order valence-corrected chi connectivity index (χ4v) is 4.15. The van der Waals surface area contributed by atoms with Crippen LogP contribution in [0.4, 0.5) is 10.2 Å². The number of aromatic nitrogens is 2. The molecule has 0 saturated heterocycles. The highest BCUT2D eigenvalue weighted by molar-refractivity contribution is 7.89. The molecule has 3 rings (SSSR count). The fraction of sp³-hybridized carbons (Fsp3) is 0.150. The van der Waals surface area contributed by atoms with Crippen molar-refractivity contribution in [1.29, 1.82) is 5.26 Å². The molecule has 0 bridgehead atoms. The summed E-state index contributed by atoms with van der Waals surface area (Å²) in [5.74, 6) is -0.664. The van der Waals surface area contributed by atoms with E-state index in [2.05, 4.69) is 14.7 Å². The molecule has 0 aliphatic carbocycles. The molecule has 0 spiro atoms. The van der Waals surface area contributed by atoms with E-state index < -0.39 is 21.9 Å². The number of nitrogens with zero attached hydrogens (tertiary/aromatic N) is 3. The minimum Gasteiger partial charge on any atom is -0.392 e. The average Bonchev–Trinajstić information content (AvgIpc) is 2.72. The van der Waals surface area contributed by atoms with Gasteiger partial charge in [-0.1, -0.05) is 24.3 Å². The van der Waals surface area contributed by atoms with Gasteiger partial charge >= 0.3 is 0 Å². The van der Waals surface area contributed by atoms with E-state index in [9.17, 15) is 23.2 Å². The number of nitrogen functional groups attached to an aromatic ring is 1. The third-order valence-electron chi connectivity index (χ3n) is 4.18. The second-order valence-corrected chi connectivity index (χ2v) is 8.23. The monoisotopic (exact) mass is 427 g/mol. The third-order valence-corrected chi connectivity index (χ3v) is 5.66. The summed E-state index contributed by atoms with van der Waals surface area (Å²) in [6.07, 6.45) is 0.359. The Hall–Kier alpha value is -3.39. The van der Waals surface area contributed by atoms with Gasteiger partial charge in [0.2, 0.25) is 10.0 Å². The molecule has 4 N–H and O–H groups in total. The lowest BCUT2D eigenvalue weighted by atomic mass is 10.0. The predicted molar refractivity (Wildman–Crippen MR) is 109 cm³/mol. The molecule has 0 aliphatic heterocycles. The van der Waals surface area contributed by atoms with Gasteiger partial charge in [-0.15, -0.1) is 0 Å². The van der Waals surface area contributed by atoms with Gasteiger partial charge in [0, 0.05) is 17.7 Å². The van der Waals surface area contributed by atoms with Gasteiger partial charge in [0.05, 0.1) is 17.2 Å². The summed E-state index contributed by atoms with van der Waals surface area (Å²) in [5.41, 5.74) is 6.08. The highest BCUT2D eigenvalue weighted by Gasteiger charge is 2.21. The number of sulfonamides is 1. The largest absolute Gasteiger partial charge is 0.392 e. The van der Waals surface area contributed by atoms with Crippen molar-refractivity contribution < 1.29 is 17.9 Å². The Bertz CT molecular complexity index is 1240. The maximum Gasteiger partial charge on any atom is 0.241 e. The number of halogens is 1. The number of hydrogen-bond acceptors (Lipinski definition) is 7. The van der Waals surface area contributed by atoms with Gasteiger partial charge in [0.15, 0.2) is 5.69 Å². The molecule has 0 fully saturated rings. The lowest BCUT2D eigenvalue weighted by molar-refractivity contribution is 0.198. The lowest BCUT2D eigenvalue weighted by Crippen LogP contribution is -2.31. The number of nitrogens with two attached hydrogens (primary N) is 1. The number of hydrogen-bond donors (Lipinski definition) is 3. The molecule has 3 aromatic rings. The molecular formula is C20H18FN5O3S. The van der Waals surface area contributed by atoms with Crippen molar-refractivity contribution in [1.82, 2.24) is 14.7 Å². The highest BCUT2D eigenvalue weighted by atomic mass is 32.2. The van der Waals surface area contributed by atoms with Crippen LogP contribution in [0.5, 0.6) is 0 Å². The molecule has 0 amide bonds. The highest BCUT2D eigenvalue weighted by Crippen LogP contribution is 2.31. The van der Waals surface area contributed by atoms with Crippen LogP contribution in [0.3, 0.4) is 0 Å². The minimum absolute atomic E-state index is 0.0373. The van der Waals surface area contributed by atoms with Gasteiger partial charge in [0.1, 0.15) is 23.4 Å². The van der Waals surface area contributed by atoms with Crippen LogP contribution >= 0.6 is 0 Å². The van der Waals surface area contributed by atoms with Crippen molar-refractivity contribution in [2.45, 2.75) is 17.9 Å². The Morgan fingerprint density at radius 3 is 2.67 bits per heavy atom. The summed E-state index contributed by atoms with van der Waals surface area (Å²) in [5, 5.41) is 18.6. The Balaban J connectivity index is 2.06. The first-order valence-electron chi connectivity index (χ1n) is 8.82. The number of aliphatic hydroxyl groups is 1. The summed E-state index contributed by atoms with van der Waals surface area (Å²) < 4.78 is 42.5. The predicted octanol–water partition coefficient (Wildman–Crippen LogP) is 2.06. The molecule has 0 aliphatic rings. The van der Waals surface area contributed by atoms with E-state index in [0.717, 1.165) is 6.07 Å². The second kappa shape index (κ2) is 8.54. The molecule has 1 atom stereocenters. The van der Waals surface area contributed by atoms with Gasteiger partial charge in [0.25, 0.3) is 0 Å². The Morgan fingerprint density at radius 1 is 1.27 bits per heavy atom. The third kappa shape index (κ3) is 4.44. The molecule has 10 heteroatoms. The lowest BCUT2D eigenvalue weighted by Gasteiger charge is -2.13. The average molecular weight is 427 g/mol. The normalized spacial score (nSPS) is 12.3. The molecular weight excluding hydrogens is 409 g/mol. The van der Waals surface area contributed by atoms with Crippen molar-refractivity contribution in [2.75, 3.05) is 12.3 Å². The van der Waals surface area contributed by atoms with Gasteiger partial charge in [-0.2, -0.15) is 5.26 Å². The van der Waals surface area contributed by atoms with Crippen molar-refractivity contribution in [3.63, 3.8) is 0 Å². The van der Waals surface area contributed by atoms with E-state index in [1.54, 1.807) is 18.2 Å². The molecule has 30 heavy (non-hydrogen) atoms. The molecule has 8 nitrogen and oxygen atoms in total. The standard InChI is InChI=1S/C20H18FN5O3S/c1-12(27)10-25-30(28,29)18-5-3-2-4-14(18)13-6-7-15(16(21)8-13)20-17(9-22)26-19(23)11-24-20/h2-8,11-12,25,27H,10H2,1H3,(H2,23,26)/t12-/m0/s1. The minimum atomic E-state index is -3.94. The Morgan fingerprint density at radius 2 is 2.00 bits per heavy atom. The first-order valence-corrected chi connectivity index (χ1v) is 10.3. The molecule has 1 heterocycles. The Kier molecular flexibility index (Phi) is 6.07. The topological polar surface area (TPSA) is 142 Å². The van der Waals surface area contributed by atoms with E-state index >= 15 is 0 Å². The Labute approximate surface area is 172 Å². The van der Waals surface area contributed by atoms with Gasteiger partial charge in [-0.05, 0) is 30.7 Å². The zero-order chi connectivity index (χ0) is 21.9. The van der Waals surface area contributed by atoms with Crippen LogP contribution < -0.4 is 10.5 Å². The van der Waals surface area contributed by atoms with E-state index in [4.69, 9.17) is 5.73 Å². The number of nitriles is 1. The summed E-state index contributed by atoms with van der Waals surface area (Å²) in [4.78, 5) is 7.80. The molecule has 1 aromatic heterocycles. The van der Waals surface area contributed by atoms with Crippen LogP contribution in [0.2, 0.25) is 0 Å². The summed E-state index contributed by atoms with van der Waals surface area (Å²) in [7, 11) is -3.94. The van der Waals surface area contributed by atoms with Crippen molar-refractivity contribution in [3.05, 3.63) is 60.2 Å². The molecule has 0 saturated carbocycles. The number of anilines is 1. The van der Waals surface area contributed by atoms with E-state index in [-0.39, 0.29) is 39.8 Å². The summed E-state index contributed by atoms with van der Waals surface area (Å²) in [6, 6.07) is 12.1. The van der Waals surface area contributed by atoms with Crippen molar-refractivity contribution in [2.24, 2.45) is 0 Å². The van der Waals surface area contributed by atoms with Crippen molar-refractivity contribution in [3.8, 4) is 28.5 Å². The zero-order valence-electron chi connectivity index (χ0n) is 15.9. The van der Waals surface area contributed by atoms with Crippen LogP contribution in [-0.4, -0.2) is 36.1 Å². The van der Waals surface area contributed by atoms with Crippen LogP contribution in [-0.2, 0) is 10.0 Å². The molecule has 0 unspecified atom stereocenters. The van der Waals surface area contributed by atoms with Crippen LogP contribution in [0.25, 0.3) is 22.4 Å². The van der Waals surface area contributed by atoms with E-state index in [1.807, 2.05) is 6.07 Å². The van der Waals surface area contributed by atoms with Crippen molar-refractivity contribution >= 4 is 15.8 Å². The quantitative estimate of drug-likeness (QED) is 0.546. The zero-order valence-corrected chi connectivity index (χ0v) is 16.7. The van der Waals surface area contributed by atoms with Crippen LogP contribution in [0.15, 0.2) is 53.6 Å². The molecule has 2 aromatic carbocycles. The molecule has 154 valence electrons.